The third kappa shape index (κ3) is 3.50. The maximum atomic E-state index is 8.83. The van der Waals surface area contributed by atoms with Crippen molar-refractivity contribution in [1.29, 1.82) is 5.26 Å². The summed E-state index contributed by atoms with van der Waals surface area (Å²) in [5, 5.41) is 25.7. The van der Waals surface area contributed by atoms with Crippen LogP contribution in [0.3, 0.4) is 0 Å². The summed E-state index contributed by atoms with van der Waals surface area (Å²) in [6.45, 7) is 2.77. The maximum absolute atomic E-state index is 8.83. The van der Waals surface area contributed by atoms with Gasteiger partial charge in [0.1, 0.15) is 5.69 Å². The number of hydrogen-bond acceptors (Lipinski definition) is 6. The summed E-state index contributed by atoms with van der Waals surface area (Å²) >= 11 is 0. The second-order valence-electron chi connectivity index (χ2n) is 4.38. The first kappa shape index (κ1) is 13.9. The molecule has 1 atom stereocenters. The van der Waals surface area contributed by atoms with Crippen LogP contribution in [0.5, 0.6) is 0 Å². The topological polar surface area (TPSA) is 93.2 Å². The SMILES string of the molecule is N#CCc1nnn(CCOCCO)c1C1CCOC1. The van der Waals surface area contributed by atoms with Crippen molar-refractivity contribution in [2.45, 2.75) is 25.3 Å². The van der Waals surface area contributed by atoms with Crippen LogP contribution in [0.1, 0.15) is 23.7 Å². The van der Waals surface area contributed by atoms with Gasteiger partial charge in [-0.15, -0.1) is 5.10 Å². The first-order valence-electron chi connectivity index (χ1n) is 6.42. The Morgan fingerprint density at radius 3 is 3.11 bits per heavy atom. The minimum atomic E-state index is 0.0142. The van der Waals surface area contributed by atoms with Crippen LogP contribution in [0, 0.1) is 11.3 Å². The van der Waals surface area contributed by atoms with Gasteiger partial charge in [-0.2, -0.15) is 5.26 Å². The quantitative estimate of drug-likeness (QED) is 0.690. The number of hydrogen-bond donors (Lipinski definition) is 1. The van der Waals surface area contributed by atoms with Gasteiger partial charge in [0.25, 0.3) is 0 Å². The van der Waals surface area contributed by atoms with E-state index in [1.165, 1.54) is 0 Å². The van der Waals surface area contributed by atoms with E-state index < -0.39 is 0 Å². The predicted molar refractivity (Wildman–Crippen MR) is 65.4 cm³/mol. The van der Waals surface area contributed by atoms with E-state index in [0.717, 1.165) is 24.4 Å². The summed E-state index contributed by atoms with van der Waals surface area (Å²) in [6, 6.07) is 2.12. The number of ether oxygens (including phenoxy) is 2. The molecule has 0 aromatic carbocycles. The first-order valence-corrected chi connectivity index (χ1v) is 6.42. The molecule has 1 saturated heterocycles. The number of rotatable bonds is 7. The van der Waals surface area contributed by atoms with Crippen molar-refractivity contribution in [3.8, 4) is 6.07 Å². The standard InChI is InChI=1S/C12H18N4O3/c13-3-1-11-12(10-2-6-19-9-10)16(15-14-11)4-7-18-8-5-17/h10,17H,1-2,4-9H2. The molecule has 1 N–H and O–H groups in total. The largest absolute Gasteiger partial charge is 0.394 e. The van der Waals surface area contributed by atoms with E-state index in [2.05, 4.69) is 16.4 Å². The maximum Gasteiger partial charge on any atom is 0.100 e. The lowest BCUT2D eigenvalue weighted by Crippen LogP contribution is -2.15. The molecule has 0 spiro atoms. The van der Waals surface area contributed by atoms with E-state index >= 15 is 0 Å². The minimum absolute atomic E-state index is 0.0142. The zero-order valence-electron chi connectivity index (χ0n) is 10.8. The number of aliphatic hydroxyl groups excluding tert-OH is 1. The van der Waals surface area contributed by atoms with Crippen molar-refractivity contribution in [2.75, 3.05) is 33.0 Å². The molecule has 1 unspecified atom stereocenters. The number of aliphatic hydroxyl groups is 1. The van der Waals surface area contributed by atoms with Crippen molar-refractivity contribution in [2.24, 2.45) is 0 Å². The Labute approximate surface area is 111 Å². The molecule has 7 heteroatoms. The van der Waals surface area contributed by atoms with Crippen molar-refractivity contribution in [3.63, 3.8) is 0 Å². The summed E-state index contributed by atoms with van der Waals surface area (Å²) in [4.78, 5) is 0. The fourth-order valence-corrected chi connectivity index (χ4v) is 2.24. The Morgan fingerprint density at radius 2 is 2.42 bits per heavy atom. The van der Waals surface area contributed by atoms with Crippen molar-refractivity contribution >= 4 is 0 Å². The Bertz CT molecular complexity index is 435. The van der Waals surface area contributed by atoms with Crippen LogP contribution in [-0.4, -0.2) is 53.1 Å². The summed E-state index contributed by atoms with van der Waals surface area (Å²) < 4.78 is 12.4. The van der Waals surface area contributed by atoms with Gasteiger partial charge in [-0.1, -0.05) is 5.21 Å². The Hall–Kier alpha value is -1.49. The molecule has 0 radical (unpaired) electrons. The molecule has 1 aliphatic rings. The molecular weight excluding hydrogens is 248 g/mol. The summed E-state index contributed by atoms with van der Waals surface area (Å²) in [6.07, 6.45) is 1.20. The fourth-order valence-electron chi connectivity index (χ4n) is 2.24. The van der Waals surface area contributed by atoms with Gasteiger partial charge < -0.3 is 14.6 Å². The normalized spacial score (nSPS) is 18.6. The molecule has 104 valence electrons. The summed E-state index contributed by atoms with van der Waals surface area (Å²) in [5.74, 6) is 0.260. The second-order valence-corrected chi connectivity index (χ2v) is 4.38. The predicted octanol–water partition coefficient (Wildman–Crippen LogP) is -0.143. The van der Waals surface area contributed by atoms with Crippen LogP contribution in [0.2, 0.25) is 0 Å². The van der Waals surface area contributed by atoms with Crippen LogP contribution in [0.15, 0.2) is 0 Å². The van der Waals surface area contributed by atoms with Crippen molar-refractivity contribution < 1.29 is 14.6 Å². The fraction of sp³-hybridized carbons (Fsp3) is 0.750. The van der Waals surface area contributed by atoms with Crippen LogP contribution in [0.4, 0.5) is 0 Å². The molecule has 0 saturated carbocycles. The zero-order chi connectivity index (χ0) is 13.5. The second kappa shape index (κ2) is 7.19. The van der Waals surface area contributed by atoms with E-state index in [4.69, 9.17) is 19.8 Å². The van der Waals surface area contributed by atoms with Gasteiger partial charge in [0, 0.05) is 12.5 Å². The van der Waals surface area contributed by atoms with Crippen molar-refractivity contribution in [3.05, 3.63) is 11.4 Å². The van der Waals surface area contributed by atoms with Gasteiger partial charge >= 0.3 is 0 Å². The molecule has 0 amide bonds. The molecule has 0 aliphatic carbocycles. The lowest BCUT2D eigenvalue weighted by Gasteiger charge is -2.12. The molecule has 2 rings (SSSR count). The highest BCUT2D eigenvalue weighted by molar-refractivity contribution is 5.20. The van der Waals surface area contributed by atoms with Gasteiger partial charge in [0.15, 0.2) is 0 Å². The molecule has 1 aromatic rings. The Balaban J connectivity index is 2.06. The number of nitrogens with zero attached hydrogens (tertiary/aromatic N) is 4. The molecule has 1 fully saturated rings. The smallest absolute Gasteiger partial charge is 0.100 e. The third-order valence-electron chi connectivity index (χ3n) is 3.09. The van der Waals surface area contributed by atoms with Gasteiger partial charge in [-0.05, 0) is 6.42 Å². The average Bonchev–Trinajstić information content (AvgIpc) is 3.04. The van der Waals surface area contributed by atoms with Gasteiger partial charge in [0.2, 0.25) is 0 Å². The molecule has 1 aliphatic heterocycles. The van der Waals surface area contributed by atoms with Crippen molar-refractivity contribution in [1.82, 2.24) is 15.0 Å². The monoisotopic (exact) mass is 266 g/mol. The summed E-state index contributed by atoms with van der Waals surface area (Å²) in [7, 11) is 0. The third-order valence-corrected chi connectivity index (χ3v) is 3.09. The first-order chi connectivity index (χ1) is 9.36. The number of aromatic nitrogens is 3. The van der Waals surface area contributed by atoms with E-state index in [1.54, 1.807) is 4.68 Å². The zero-order valence-corrected chi connectivity index (χ0v) is 10.8. The van der Waals surface area contributed by atoms with Crippen LogP contribution in [-0.2, 0) is 22.4 Å². The van der Waals surface area contributed by atoms with E-state index in [-0.39, 0.29) is 18.9 Å². The van der Waals surface area contributed by atoms with Crippen LogP contribution < -0.4 is 0 Å². The lowest BCUT2D eigenvalue weighted by molar-refractivity contribution is 0.0844. The van der Waals surface area contributed by atoms with Gasteiger partial charge in [0.05, 0.1) is 51.2 Å². The Kier molecular flexibility index (Phi) is 5.27. The molecule has 2 heterocycles. The number of nitriles is 1. The van der Waals surface area contributed by atoms with E-state index in [9.17, 15) is 0 Å². The highest BCUT2D eigenvalue weighted by Crippen LogP contribution is 2.27. The van der Waals surface area contributed by atoms with E-state index in [0.29, 0.717) is 26.4 Å². The van der Waals surface area contributed by atoms with E-state index in [1.807, 2.05) is 0 Å². The lowest BCUT2D eigenvalue weighted by atomic mass is 10.0. The van der Waals surface area contributed by atoms with Gasteiger partial charge in [-0.3, -0.25) is 0 Å². The van der Waals surface area contributed by atoms with Crippen LogP contribution >= 0.6 is 0 Å². The molecule has 19 heavy (non-hydrogen) atoms. The van der Waals surface area contributed by atoms with Crippen LogP contribution in [0.25, 0.3) is 0 Å². The molecule has 7 nitrogen and oxygen atoms in total. The highest BCUT2D eigenvalue weighted by Gasteiger charge is 2.26. The molecular formula is C12H18N4O3. The average molecular weight is 266 g/mol. The Morgan fingerprint density at radius 1 is 1.53 bits per heavy atom. The molecule has 1 aromatic heterocycles. The molecule has 0 bridgehead atoms. The minimum Gasteiger partial charge on any atom is -0.394 e. The summed E-state index contributed by atoms with van der Waals surface area (Å²) in [5.41, 5.74) is 1.73. The highest BCUT2D eigenvalue weighted by atomic mass is 16.5. The van der Waals surface area contributed by atoms with Gasteiger partial charge in [-0.25, -0.2) is 4.68 Å².